The van der Waals surface area contributed by atoms with Gasteiger partial charge in [0.05, 0.1) is 33.2 Å². The second-order valence-electron chi connectivity index (χ2n) is 7.36. The second kappa shape index (κ2) is 11.1. The maximum atomic E-state index is 12.8. The van der Waals surface area contributed by atoms with Gasteiger partial charge in [0.25, 0.3) is 11.1 Å². The van der Waals surface area contributed by atoms with Crippen molar-refractivity contribution in [3.8, 4) is 5.75 Å². The van der Waals surface area contributed by atoms with Gasteiger partial charge < -0.3 is 14.8 Å². The lowest BCUT2D eigenvalue weighted by atomic mass is 10.2. The summed E-state index contributed by atoms with van der Waals surface area (Å²) in [7, 11) is 1.21. The fraction of sp³-hybridized carbons (Fsp3) is 0.217. The minimum atomic E-state index is -0.660. The predicted octanol–water partition coefficient (Wildman–Crippen LogP) is 5.35. The molecule has 8 nitrogen and oxygen atoms in total. The Balaban J connectivity index is 1.70. The molecular weight excluding hydrogens is 548 g/mol. The summed E-state index contributed by atoms with van der Waals surface area (Å²) in [5.41, 5.74) is 1.03. The number of methoxy groups -OCH3 is 1. The number of anilines is 1. The number of imide groups is 1. The van der Waals surface area contributed by atoms with Crippen molar-refractivity contribution in [2.45, 2.75) is 20.0 Å². The highest BCUT2D eigenvalue weighted by Gasteiger charge is 2.36. The Morgan fingerprint density at radius 2 is 1.94 bits per heavy atom. The van der Waals surface area contributed by atoms with Crippen molar-refractivity contribution in [2.24, 2.45) is 0 Å². The average Bonchev–Trinajstić information content (AvgIpc) is 3.03. The van der Waals surface area contributed by atoms with Crippen molar-refractivity contribution in [3.05, 3.63) is 61.9 Å². The van der Waals surface area contributed by atoms with E-state index >= 15 is 0 Å². The molecule has 0 aromatic heterocycles. The number of halogens is 2. The predicted molar refractivity (Wildman–Crippen MR) is 134 cm³/mol. The highest BCUT2D eigenvalue weighted by molar-refractivity contribution is 9.10. The van der Waals surface area contributed by atoms with E-state index in [9.17, 15) is 19.2 Å². The van der Waals surface area contributed by atoms with Crippen LogP contribution in [0.3, 0.4) is 0 Å². The van der Waals surface area contributed by atoms with Crippen LogP contribution in [0.1, 0.15) is 29.8 Å². The molecule has 0 bridgehead atoms. The first-order valence-corrected chi connectivity index (χ1v) is 12.0. The summed E-state index contributed by atoms with van der Waals surface area (Å²) in [6, 6.07) is 9.58. The topological polar surface area (TPSA) is 102 Å². The van der Waals surface area contributed by atoms with E-state index in [4.69, 9.17) is 16.3 Å². The Morgan fingerprint density at radius 1 is 1.21 bits per heavy atom. The van der Waals surface area contributed by atoms with Crippen LogP contribution in [-0.4, -0.2) is 47.7 Å². The molecular formula is C23H20BrClN2O6S. The number of carbonyl (C=O) groups is 4. The van der Waals surface area contributed by atoms with Gasteiger partial charge in [0.15, 0.2) is 0 Å². The Hall–Kier alpha value is -2.82. The molecule has 0 saturated carbocycles. The van der Waals surface area contributed by atoms with E-state index in [1.54, 1.807) is 24.3 Å². The number of esters is 1. The van der Waals surface area contributed by atoms with Gasteiger partial charge in [-0.15, -0.1) is 0 Å². The number of ether oxygens (including phenoxy) is 2. The van der Waals surface area contributed by atoms with Gasteiger partial charge in [0.1, 0.15) is 12.3 Å². The fourth-order valence-corrected chi connectivity index (χ4v) is 4.48. The summed E-state index contributed by atoms with van der Waals surface area (Å²) in [5.74, 6) is -1.18. The molecule has 1 heterocycles. The Bertz CT molecular complexity index is 1200. The van der Waals surface area contributed by atoms with Crippen molar-refractivity contribution in [1.82, 2.24) is 4.90 Å². The summed E-state index contributed by atoms with van der Waals surface area (Å²) >= 11 is 10.2. The summed E-state index contributed by atoms with van der Waals surface area (Å²) in [6.07, 6.45) is 1.58. The van der Waals surface area contributed by atoms with E-state index in [0.717, 1.165) is 16.7 Å². The molecule has 1 N–H and O–H groups in total. The maximum Gasteiger partial charge on any atom is 0.339 e. The third-order valence-corrected chi connectivity index (χ3v) is 6.30. The van der Waals surface area contributed by atoms with E-state index < -0.39 is 29.6 Å². The van der Waals surface area contributed by atoms with Crippen molar-refractivity contribution >= 4 is 74.1 Å². The number of nitrogens with one attached hydrogen (secondary N) is 1. The minimum absolute atomic E-state index is 0.00437. The van der Waals surface area contributed by atoms with Gasteiger partial charge in [0.2, 0.25) is 5.91 Å². The van der Waals surface area contributed by atoms with Gasteiger partial charge >= 0.3 is 5.97 Å². The molecule has 1 aliphatic rings. The first-order chi connectivity index (χ1) is 16.1. The number of rotatable bonds is 7. The van der Waals surface area contributed by atoms with Crippen LogP contribution in [0.4, 0.5) is 10.5 Å². The van der Waals surface area contributed by atoms with Crippen LogP contribution in [-0.2, 0) is 14.3 Å². The number of hydrogen-bond acceptors (Lipinski definition) is 7. The third kappa shape index (κ3) is 6.19. The number of nitrogens with zero attached hydrogens (tertiary/aromatic N) is 1. The van der Waals surface area contributed by atoms with Crippen LogP contribution in [0.5, 0.6) is 5.75 Å². The molecule has 0 aliphatic carbocycles. The summed E-state index contributed by atoms with van der Waals surface area (Å²) in [4.78, 5) is 50.4. The average molecular weight is 568 g/mol. The Kier molecular flexibility index (Phi) is 8.40. The standard InChI is InChI=1S/C23H20BrClN2O6S/c1-12(2)33-18-7-4-13(8-16(18)24)9-19-21(29)27(23(31)34-19)11-20(28)26-14-5-6-17(25)15(10-14)22(30)32-3/h4-10,12H,11H2,1-3H3,(H,26,28)/b19-9-. The minimum Gasteiger partial charge on any atom is -0.490 e. The number of hydrogen-bond donors (Lipinski definition) is 1. The molecule has 0 unspecified atom stereocenters. The number of thioether (sulfide) groups is 1. The summed E-state index contributed by atoms with van der Waals surface area (Å²) in [6.45, 7) is 3.35. The van der Waals surface area contributed by atoms with Crippen molar-refractivity contribution in [1.29, 1.82) is 0 Å². The lowest BCUT2D eigenvalue weighted by Crippen LogP contribution is -2.36. The highest BCUT2D eigenvalue weighted by atomic mass is 79.9. The lowest BCUT2D eigenvalue weighted by Gasteiger charge is -2.13. The SMILES string of the molecule is COC(=O)c1cc(NC(=O)CN2C(=O)S/C(=C\c3ccc(OC(C)C)c(Br)c3)C2=O)ccc1Cl. The van der Waals surface area contributed by atoms with E-state index in [2.05, 4.69) is 26.0 Å². The molecule has 178 valence electrons. The first kappa shape index (κ1) is 25.8. The normalized spacial score (nSPS) is 14.6. The zero-order chi connectivity index (χ0) is 25.0. The number of carbonyl (C=O) groups excluding carboxylic acids is 4. The molecule has 2 aromatic carbocycles. The fourth-order valence-electron chi connectivity index (χ4n) is 2.96. The molecule has 1 aliphatic heterocycles. The molecule has 2 aromatic rings. The monoisotopic (exact) mass is 566 g/mol. The van der Waals surface area contributed by atoms with E-state index in [1.807, 2.05) is 13.8 Å². The molecule has 0 atom stereocenters. The molecule has 11 heteroatoms. The van der Waals surface area contributed by atoms with Crippen LogP contribution >= 0.6 is 39.3 Å². The van der Waals surface area contributed by atoms with Gasteiger partial charge in [-0.3, -0.25) is 19.3 Å². The van der Waals surface area contributed by atoms with E-state index in [-0.39, 0.29) is 27.3 Å². The molecule has 34 heavy (non-hydrogen) atoms. The van der Waals surface area contributed by atoms with Gasteiger partial charge in [-0.05, 0) is 83.5 Å². The zero-order valence-electron chi connectivity index (χ0n) is 18.4. The van der Waals surface area contributed by atoms with Crippen molar-refractivity contribution < 1.29 is 28.7 Å². The molecule has 3 amide bonds. The largest absolute Gasteiger partial charge is 0.490 e. The number of benzene rings is 2. The van der Waals surface area contributed by atoms with E-state index in [1.165, 1.54) is 25.3 Å². The van der Waals surface area contributed by atoms with E-state index in [0.29, 0.717) is 15.8 Å². The Morgan fingerprint density at radius 3 is 2.59 bits per heavy atom. The van der Waals surface area contributed by atoms with Gasteiger partial charge in [-0.25, -0.2) is 4.79 Å². The summed E-state index contributed by atoms with van der Waals surface area (Å²) in [5, 5.41) is 2.15. The highest BCUT2D eigenvalue weighted by Crippen LogP contribution is 2.34. The number of amides is 3. The molecule has 0 radical (unpaired) electrons. The van der Waals surface area contributed by atoms with Crippen molar-refractivity contribution in [3.63, 3.8) is 0 Å². The maximum absolute atomic E-state index is 12.8. The quantitative estimate of drug-likeness (QED) is 0.355. The van der Waals surface area contributed by atoms with Crippen LogP contribution < -0.4 is 10.1 Å². The van der Waals surface area contributed by atoms with Gasteiger partial charge in [-0.1, -0.05) is 17.7 Å². The van der Waals surface area contributed by atoms with Crippen molar-refractivity contribution in [2.75, 3.05) is 19.0 Å². The molecule has 1 fully saturated rings. The lowest BCUT2D eigenvalue weighted by molar-refractivity contribution is -0.127. The van der Waals surface area contributed by atoms with Gasteiger partial charge in [0, 0.05) is 5.69 Å². The zero-order valence-corrected chi connectivity index (χ0v) is 21.5. The van der Waals surface area contributed by atoms with Gasteiger partial charge in [-0.2, -0.15) is 0 Å². The Labute approximate surface area is 213 Å². The van der Waals surface area contributed by atoms with Crippen LogP contribution in [0.15, 0.2) is 45.8 Å². The second-order valence-corrected chi connectivity index (χ2v) is 9.61. The molecule has 1 saturated heterocycles. The molecule has 3 rings (SSSR count). The summed E-state index contributed by atoms with van der Waals surface area (Å²) < 4.78 is 11.0. The van der Waals surface area contributed by atoms with Crippen LogP contribution in [0.25, 0.3) is 6.08 Å². The first-order valence-electron chi connectivity index (χ1n) is 9.98. The van der Waals surface area contributed by atoms with Crippen LogP contribution in [0, 0.1) is 0 Å². The smallest absolute Gasteiger partial charge is 0.339 e. The molecule has 0 spiro atoms. The van der Waals surface area contributed by atoms with Crippen LogP contribution in [0.2, 0.25) is 5.02 Å². The third-order valence-electron chi connectivity index (χ3n) is 4.45.